The minimum Gasteiger partial charge on any atom is -0.494 e. The molecule has 2 aromatic rings. The van der Waals surface area contributed by atoms with E-state index >= 15 is 0 Å². The summed E-state index contributed by atoms with van der Waals surface area (Å²) in [6, 6.07) is 3.33. The Balaban J connectivity index is 1.99. The minimum atomic E-state index is -0.490. The molecule has 2 heterocycles. The van der Waals surface area contributed by atoms with Crippen molar-refractivity contribution in [3.8, 4) is 23.1 Å². The fourth-order valence-electron chi connectivity index (χ4n) is 3.05. The number of hydrazone groups is 1. The smallest absolute Gasteiger partial charge is 0.264 e. The molecule has 10 heteroatoms. The van der Waals surface area contributed by atoms with Gasteiger partial charge in [0.15, 0.2) is 16.3 Å². The maximum Gasteiger partial charge on any atom is 0.264 e. The van der Waals surface area contributed by atoms with Crippen molar-refractivity contribution < 1.29 is 19.3 Å². The second-order valence-corrected chi connectivity index (χ2v) is 6.27. The second kappa shape index (κ2) is 7.31. The van der Waals surface area contributed by atoms with Crippen molar-refractivity contribution >= 4 is 17.9 Å². The van der Waals surface area contributed by atoms with Gasteiger partial charge < -0.3 is 24.7 Å². The zero-order valence-electron chi connectivity index (χ0n) is 15.3. The third-order valence-corrected chi connectivity index (χ3v) is 4.82. The molecule has 1 aromatic carbocycles. The Labute approximate surface area is 160 Å². The van der Waals surface area contributed by atoms with Gasteiger partial charge in [-0.3, -0.25) is 14.3 Å². The van der Waals surface area contributed by atoms with Crippen molar-refractivity contribution in [2.24, 2.45) is 12.1 Å². The number of benzene rings is 1. The monoisotopic (exact) mass is 392 g/mol. The number of aromatic nitrogens is 2. The molecular formula is C17H20N4O5S. The molecule has 9 nitrogen and oxygen atoms in total. The topological polar surface area (TPSA) is 110 Å². The van der Waals surface area contributed by atoms with Crippen molar-refractivity contribution in [1.29, 1.82) is 0 Å². The maximum atomic E-state index is 12.3. The standard InChI is InChI=1S/C17H20N4O5S/c1-21-16(23)12(15(22)18-17(21)27)10-7-9(19-20-10)8-5-6-11(24-2)14(26-4)13(8)25-3/h5-6,9,19,23H,7H2,1-4H3,(H,18,22,27). The number of rotatable bonds is 5. The van der Waals surface area contributed by atoms with Gasteiger partial charge in [0.1, 0.15) is 5.56 Å². The summed E-state index contributed by atoms with van der Waals surface area (Å²) in [5.41, 5.74) is 3.78. The molecule has 0 bridgehead atoms. The Morgan fingerprint density at radius 3 is 2.56 bits per heavy atom. The number of aromatic hydroxyl groups is 1. The van der Waals surface area contributed by atoms with Gasteiger partial charge in [-0.15, -0.1) is 0 Å². The Bertz CT molecular complexity index is 1030. The van der Waals surface area contributed by atoms with Crippen LogP contribution in [0.25, 0.3) is 0 Å². The Morgan fingerprint density at radius 2 is 1.93 bits per heavy atom. The first-order valence-electron chi connectivity index (χ1n) is 8.06. The fraction of sp³-hybridized carbons (Fsp3) is 0.353. The predicted octanol–water partition coefficient (Wildman–Crippen LogP) is 1.61. The summed E-state index contributed by atoms with van der Waals surface area (Å²) in [5, 5.41) is 14.6. The van der Waals surface area contributed by atoms with Crippen LogP contribution >= 0.6 is 12.2 Å². The largest absolute Gasteiger partial charge is 0.494 e. The molecule has 1 aromatic heterocycles. The van der Waals surface area contributed by atoms with E-state index in [0.717, 1.165) is 5.56 Å². The van der Waals surface area contributed by atoms with Gasteiger partial charge in [0.2, 0.25) is 11.6 Å². The van der Waals surface area contributed by atoms with E-state index < -0.39 is 5.56 Å². The van der Waals surface area contributed by atoms with Crippen molar-refractivity contribution in [3.05, 3.63) is 38.4 Å². The average Bonchev–Trinajstić information content (AvgIpc) is 3.14. The van der Waals surface area contributed by atoms with E-state index in [4.69, 9.17) is 26.4 Å². The summed E-state index contributed by atoms with van der Waals surface area (Å²) >= 11 is 5.00. The van der Waals surface area contributed by atoms with E-state index in [9.17, 15) is 9.90 Å². The molecule has 3 rings (SSSR count). The summed E-state index contributed by atoms with van der Waals surface area (Å²) in [7, 11) is 6.18. The lowest BCUT2D eigenvalue weighted by Crippen LogP contribution is -2.21. The number of nitrogens with zero attached hydrogens (tertiary/aromatic N) is 2. The van der Waals surface area contributed by atoms with E-state index in [1.165, 1.54) is 18.8 Å². The van der Waals surface area contributed by atoms with Gasteiger partial charge >= 0.3 is 0 Å². The second-order valence-electron chi connectivity index (χ2n) is 5.88. The van der Waals surface area contributed by atoms with Crippen LogP contribution in [0.2, 0.25) is 0 Å². The summed E-state index contributed by atoms with van der Waals surface area (Å²) in [6.07, 6.45) is 0.360. The quantitative estimate of drug-likeness (QED) is 0.663. The summed E-state index contributed by atoms with van der Waals surface area (Å²) in [4.78, 5) is 14.8. The predicted molar refractivity (Wildman–Crippen MR) is 102 cm³/mol. The highest BCUT2D eigenvalue weighted by atomic mass is 32.1. The number of methoxy groups -OCH3 is 3. The molecule has 0 amide bonds. The maximum absolute atomic E-state index is 12.3. The van der Waals surface area contributed by atoms with Crippen molar-refractivity contribution in [1.82, 2.24) is 15.0 Å². The molecule has 0 fully saturated rings. The van der Waals surface area contributed by atoms with Gasteiger partial charge in [-0.25, -0.2) is 0 Å². The minimum absolute atomic E-state index is 0.0838. The van der Waals surface area contributed by atoms with Crippen molar-refractivity contribution in [3.63, 3.8) is 0 Å². The fourth-order valence-corrected chi connectivity index (χ4v) is 3.22. The third-order valence-electron chi connectivity index (χ3n) is 4.44. The van der Waals surface area contributed by atoms with Crippen LogP contribution < -0.4 is 25.2 Å². The van der Waals surface area contributed by atoms with E-state index in [1.807, 2.05) is 6.07 Å². The van der Waals surface area contributed by atoms with Crippen LogP contribution in [0.15, 0.2) is 22.0 Å². The van der Waals surface area contributed by atoms with Crippen LogP contribution in [0.3, 0.4) is 0 Å². The average molecular weight is 392 g/mol. The molecule has 0 saturated carbocycles. The number of ether oxygens (including phenoxy) is 3. The van der Waals surface area contributed by atoms with Crippen LogP contribution in [0.1, 0.15) is 23.6 Å². The van der Waals surface area contributed by atoms with E-state index in [1.54, 1.807) is 20.2 Å². The van der Waals surface area contributed by atoms with Gasteiger partial charge in [-0.2, -0.15) is 5.10 Å². The van der Waals surface area contributed by atoms with Gasteiger partial charge in [0.25, 0.3) is 5.56 Å². The number of nitrogens with one attached hydrogen (secondary N) is 2. The summed E-state index contributed by atoms with van der Waals surface area (Å²) in [6.45, 7) is 0. The highest BCUT2D eigenvalue weighted by Crippen LogP contribution is 2.43. The van der Waals surface area contributed by atoms with Crippen LogP contribution in [0.4, 0.5) is 0 Å². The number of H-pyrrole nitrogens is 1. The zero-order chi connectivity index (χ0) is 19.7. The Hall–Kier alpha value is -3.01. The first kappa shape index (κ1) is 18.8. The first-order chi connectivity index (χ1) is 12.9. The highest BCUT2D eigenvalue weighted by molar-refractivity contribution is 7.71. The molecule has 1 aliphatic rings. The molecule has 1 unspecified atom stereocenters. The van der Waals surface area contributed by atoms with Crippen LogP contribution in [0, 0.1) is 4.77 Å². The van der Waals surface area contributed by atoms with Crippen LogP contribution in [-0.2, 0) is 7.05 Å². The van der Waals surface area contributed by atoms with Crippen LogP contribution in [-0.4, -0.2) is 41.7 Å². The lowest BCUT2D eigenvalue weighted by molar-refractivity contribution is 0.320. The number of hydrogen-bond donors (Lipinski definition) is 3. The van der Waals surface area contributed by atoms with E-state index in [2.05, 4.69) is 15.5 Å². The van der Waals surface area contributed by atoms with E-state index in [-0.39, 0.29) is 22.3 Å². The Morgan fingerprint density at radius 1 is 1.22 bits per heavy atom. The SMILES string of the molecule is COc1ccc(C2CC(c3c(O)n(C)c(=S)[nH]c3=O)=NN2)c(OC)c1OC. The summed E-state index contributed by atoms with van der Waals surface area (Å²) < 4.78 is 17.7. The lowest BCUT2D eigenvalue weighted by atomic mass is 9.98. The molecular weight excluding hydrogens is 372 g/mol. The lowest BCUT2D eigenvalue weighted by Gasteiger charge is -2.19. The van der Waals surface area contributed by atoms with Crippen LogP contribution in [0.5, 0.6) is 23.1 Å². The molecule has 1 atom stereocenters. The molecule has 0 radical (unpaired) electrons. The molecule has 3 N–H and O–H groups in total. The highest BCUT2D eigenvalue weighted by Gasteiger charge is 2.30. The number of hydrogen-bond acceptors (Lipinski definition) is 8. The summed E-state index contributed by atoms with van der Waals surface area (Å²) in [5.74, 6) is 1.29. The molecule has 1 aliphatic heterocycles. The number of aromatic amines is 1. The van der Waals surface area contributed by atoms with Gasteiger partial charge in [0, 0.05) is 19.0 Å². The molecule has 0 spiro atoms. The van der Waals surface area contributed by atoms with Crippen molar-refractivity contribution in [2.75, 3.05) is 21.3 Å². The molecule has 27 heavy (non-hydrogen) atoms. The molecule has 144 valence electrons. The van der Waals surface area contributed by atoms with Crippen molar-refractivity contribution in [2.45, 2.75) is 12.5 Å². The van der Waals surface area contributed by atoms with E-state index in [0.29, 0.717) is 29.4 Å². The molecule has 0 aliphatic carbocycles. The van der Waals surface area contributed by atoms with Gasteiger partial charge in [-0.1, -0.05) is 0 Å². The third kappa shape index (κ3) is 3.12. The Kier molecular flexibility index (Phi) is 5.08. The molecule has 0 saturated heterocycles. The normalized spacial score (nSPS) is 15.9. The first-order valence-corrected chi connectivity index (χ1v) is 8.47. The van der Waals surface area contributed by atoms with Gasteiger partial charge in [-0.05, 0) is 24.4 Å². The van der Waals surface area contributed by atoms with Gasteiger partial charge in [0.05, 0.1) is 33.1 Å². The zero-order valence-corrected chi connectivity index (χ0v) is 16.1.